The number of nitrogens with zero attached hydrogens (tertiary/aromatic N) is 3. The summed E-state index contributed by atoms with van der Waals surface area (Å²) in [5.41, 5.74) is 3.14. The van der Waals surface area contributed by atoms with Crippen molar-refractivity contribution in [3.63, 3.8) is 0 Å². The molecule has 128 valence electrons. The lowest BCUT2D eigenvalue weighted by Crippen LogP contribution is -2.50. The molecule has 0 saturated carbocycles. The van der Waals surface area contributed by atoms with Crippen LogP contribution in [0.5, 0.6) is 0 Å². The summed E-state index contributed by atoms with van der Waals surface area (Å²) in [7, 11) is 0. The predicted octanol–water partition coefficient (Wildman–Crippen LogP) is 0.967. The van der Waals surface area contributed by atoms with Gasteiger partial charge in [-0.2, -0.15) is 5.10 Å². The summed E-state index contributed by atoms with van der Waals surface area (Å²) < 4.78 is 26.7. The molecule has 2 N–H and O–H groups in total. The molecular formula is C15H15ClF2N4O2. The second-order valence-electron chi connectivity index (χ2n) is 5.50. The van der Waals surface area contributed by atoms with Crippen LogP contribution < -0.4 is 5.43 Å². The zero-order valence-electron chi connectivity index (χ0n) is 12.5. The molecule has 0 aliphatic carbocycles. The molecule has 2 aliphatic heterocycles. The van der Waals surface area contributed by atoms with E-state index in [9.17, 15) is 18.7 Å². The molecule has 1 unspecified atom stereocenters. The van der Waals surface area contributed by atoms with Gasteiger partial charge in [0.25, 0.3) is 0 Å². The van der Waals surface area contributed by atoms with Crippen molar-refractivity contribution in [2.24, 2.45) is 5.10 Å². The Morgan fingerprint density at radius 3 is 2.88 bits per heavy atom. The number of rotatable bonds is 3. The van der Waals surface area contributed by atoms with E-state index in [2.05, 4.69) is 10.5 Å². The maximum absolute atomic E-state index is 13.7. The van der Waals surface area contributed by atoms with Crippen molar-refractivity contribution < 1.29 is 18.7 Å². The second kappa shape index (κ2) is 6.74. The summed E-state index contributed by atoms with van der Waals surface area (Å²) in [5, 5.41) is 13.6. The van der Waals surface area contributed by atoms with Crippen LogP contribution in [0.3, 0.4) is 0 Å². The van der Waals surface area contributed by atoms with Crippen LogP contribution in [-0.4, -0.2) is 52.9 Å². The first-order chi connectivity index (χ1) is 11.5. The fourth-order valence-corrected chi connectivity index (χ4v) is 2.81. The molecule has 0 aromatic heterocycles. The normalized spacial score (nSPS) is 21.3. The van der Waals surface area contributed by atoms with Crippen molar-refractivity contribution in [1.29, 1.82) is 0 Å². The maximum Gasteiger partial charge on any atom is 0.242 e. The molecule has 1 aromatic carbocycles. The maximum atomic E-state index is 13.7. The average molecular weight is 357 g/mol. The van der Waals surface area contributed by atoms with Crippen molar-refractivity contribution in [1.82, 2.24) is 15.2 Å². The number of benzene rings is 1. The van der Waals surface area contributed by atoms with Crippen molar-refractivity contribution in [3.05, 3.63) is 46.1 Å². The molecule has 2 aliphatic rings. The Morgan fingerprint density at radius 1 is 1.38 bits per heavy atom. The highest BCUT2D eigenvalue weighted by Gasteiger charge is 2.29. The van der Waals surface area contributed by atoms with Gasteiger partial charge in [-0.05, 0) is 6.07 Å². The van der Waals surface area contributed by atoms with Gasteiger partial charge in [0, 0.05) is 31.3 Å². The molecule has 1 aromatic rings. The number of hydrogen-bond donors (Lipinski definition) is 2. The minimum absolute atomic E-state index is 0.0348. The Bertz CT molecular complexity index is 725. The minimum Gasteiger partial charge on any atom is -0.367 e. The number of amides is 1. The summed E-state index contributed by atoms with van der Waals surface area (Å²) in [6, 6.07) is 3.30. The van der Waals surface area contributed by atoms with Crippen molar-refractivity contribution in [2.45, 2.75) is 12.8 Å². The fourth-order valence-electron chi connectivity index (χ4n) is 2.60. The smallest absolute Gasteiger partial charge is 0.242 e. The summed E-state index contributed by atoms with van der Waals surface area (Å²) in [6.45, 7) is 0.913. The highest BCUT2D eigenvalue weighted by Crippen LogP contribution is 2.21. The molecule has 0 spiro atoms. The predicted molar refractivity (Wildman–Crippen MR) is 83.9 cm³/mol. The van der Waals surface area contributed by atoms with Crippen molar-refractivity contribution in [3.8, 4) is 0 Å². The lowest BCUT2D eigenvalue weighted by Gasteiger charge is -2.37. The zero-order valence-corrected chi connectivity index (χ0v) is 13.3. The Balaban J connectivity index is 1.69. The molecule has 0 bridgehead atoms. The first-order valence-electron chi connectivity index (χ1n) is 7.28. The van der Waals surface area contributed by atoms with Crippen LogP contribution >= 0.6 is 11.6 Å². The van der Waals surface area contributed by atoms with E-state index >= 15 is 0 Å². The lowest BCUT2D eigenvalue weighted by molar-refractivity contribution is -0.135. The van der Waals surface area contributed by atoms with E-state index in [4.69, 9.17) is 11.6 Å². The van der Waals surface area contributed by atoms with E-state index in [0.29, 0.717) is 18.8 Å². The van der Waals surface area contributed by atoms with Gasteiger partial charge in [0.15, 0.2) is 6.23 Å². The Labute approximate surface area is 142 Å². The third-order valence-corrected chi connectivity index (χ3v) is 4.30. The highest BCUT2D eigenvalue weighted by molar-refractivity contribution is 6.32. The Kier molecular flexibility index (Phi) is 4.68. The molecule has 2 heterocycles. The number of allylic oxidation sites excluding steroid dienone is 1. The van der Waals surface area contributed by atoms with Crippen LogP contribution in [0.15, 0.2) is 34.0 Å². The molecule has 3 rings (SSSR count). The molecule has 0 radical (unpaired) electrons. The van der Waals surface area contributed by atoms with E-state index in [1.54, 1.807) is 4.90 Å². The van der Waals surface area contributed by atoms with Gasteiger partial charge in [-0.1, -0.05) is 17.7 Å². The molecule has 9 heteroatoms. The SMILES string of the molecule is O=C1CN(C2=C(Cl)C(O)NN=C2)CCN1Cc1ccc(F)cc1F. The third-order valence-electron chi connectivity index (χ3n) is 3.90. The average Bonchev–Trinajstić information content (AvgIpc) is 2.54. The molecule has 1 atom stereocenters. The van der Waals surface area contributed by atoms with Crippen molar-refractivity contribution >= 4 is 23.7 Å². The van der Waals surface area contributed by atoms with Crippen LogP contribution in [0.2, 0.25) is 0 Å². The second-order valence-corrected chi connectivity index (χ2v) is 5.90. The molecule has 6 nitrogen and oxygen atoms in total. The molecule has 1 fully saturated rings. The molecule has 1 saturated heterocycles. The molecular weight excluding hydrogens is 342 g/mol. The number of aliphatic hydroxyl groups excluding tert-OH is 1. The Hall–Kier alpha value is -2.19. The van der Waals surface area contributed by atoms with Crippen LogP contribution in [0, 0.1) is 11.6 Å². The quantitative estimate of drug-likeness (QED) is 0.847. The number of aliphatic hydroxyl groups is 1. The van der Waals surface area contributed by atoms with Gasteiger partial charge in [0.1, 0.15) is 11.6 Å². The highest BCUT2D eigenvalue weighted by atomic mass is 35.5. The minimum atomic E-state index is -1.10. The van der Waals surface area contributed by atoms with Crippen LogP contribution in [0.25, 0.3) is 0 Å². The number of halogens is 3. The number of nitrogens with one attached hydrogen (secondary N) is 1. The van der Waals surface area contributed by atoms with Gasteiger partial charge in [-0.15, -0.1) is 0 Å². The number of carbonyl (C=O) groups is 1. The third kappa shape index (κ3) is 3.34. The number of hydrogen-bond acceptors (Lipinski definition) is 5. The topological polar surface area (TPSA) is 68.2 Å². The van der Waals surface area contributed by atoms with E-state index in [0.717, 1.165) is 12.1 Å². The van der Waals surface area contributed by atoms with E-state index in [1.165, 1.54) is 17.2 Å². The largest absolute Gasteiger partial charge is 0.367 e. The van der Waals surface area contributed by atoms with E-state index in [1.807, 2.05) is 0 Å². The summed E-state index contributed by atoms with van der Waals surface area (Å²) in [5.74, 6) is -1.55. The summed E-state index contributed by atoms with van der Waals surface area (Å²) in [6.07, 6.45) is 0.338. The first-order valence-corrected chi connectivity index (χ1v) is 7.66. The fraction of sp³-hybridized carbons (Fsp3) is 0.333. The Morgan fingerprint density at radius 2 is 2.17 bits per heavy atom. The lowest BCUT2D eigenvalue weighted by atomic mass is 10.1. The number of hydrazone groups is 1. The monoisotopic (exact) mass is 356 g/mol. The molecule has 24 heavy (non-hydrogen) atoms. The van der Waals surface area contributed by atoms with Gasteiger partial charge in [0.2, 0.25) is 5.91 Å². The zero-order chi connectivity index (χ0) is 17.3. The van der Waals surface area contributed by atoms with Gasteiger partial charge in [-0.25, -0.2) is 8.78 Å². The number of piperazine rings is 1. The van der Waals surface area contributed by atoms with Gasteiger partial charge < -0.3 is 14.9 Å². The van der Waals surface area contributed by atoms with Gasteiger partial charge in [0.05, 0.1) is 23.5 Å². The van der Waals surface area contributed by atoms with E-state index in [-0.39, 0.29) is 29.6 Å². The van der Waals surface area contributed by atoms with Crippen molar-refractivity contribution in [2.75, 3.05) is 19.6 Å². The van der Waals surface area contributed by atoms with Crippen LogP contribution in [0.1, 0.15) is 5.56 Å². The van der Waals surface area contributed by atoms with Crippen LogP contribution in [0.4, 0.5) is 8.78 Å². The van der Waals surface area contributed by atoms with Crippen LogP contribution in [-0.2, 0) is 11.3 Å². The summed E-state index contributed by atoms with van der Waals surface area (Å²) in [4.78, 5) is 15.5. The standard InChI is InChI=1S/C15H15ClF2N4O2/c16-14-12(6-19-20-15(14)24)21-3-4-22(13(23)8-21)7-9-1-2-10(17)5-11(9)18/h1-2,5-6,15,20,24H,3-4,7-8H2. The van der Waals surface area contributed by atoms with Gasteiger partial charge in [-0.3, -0.25) is 10.2 Å². The first kappa shape index (κ1) is 16.7. The molecule has 1 amide bonds. The van der Waals surface area contributed by atoms with E-state index < -0.39 is 17.9 Å². The number of carbonyl (C=O) groups excluding carboxylic acids is 1. The van der Waals surface area contributed by atoms with Gasteiger partial charge >= 0.3 is 0 Å². The summed E-state index contributed by atoms with van der Waals surface area (Å²) >= 11 is 6.04.